The number of fused-ring (bicyclic) bond motifs is 3. The number of nitrogens with two attached hydrogens (primary N) is 3. The quantitative estimate of drug-likeness (QED) is 0.157. The van der Waals surface area contributed by atoms with Gasteiger partial charge in [-0.1, -0.05) is 0 Å². The summed E-state index contributed by atoms with van der Waals surface area (Å²) in [7, 11) is 6.19. The molecule has 16 nitrogen and oxygen atoms in total. The Kier molecular flexibility index (Phi) is 8.68. The zero-order valence-electron chi connectivity index (χ0n) is 28.1. The molecule has 0 radical (unpaired) electrons. The van der Waals surface area contributed by atoms with Crippen molar-refractivity contribution in [2.75, 3.05) is 38.4 Å². The van der Waals surface area contributed by atoms with E-state index in [2.05, 4.69) is 10.6 Å². The average molecular weight is 687 g/mol. The first-order valence-corrected chi connectivity index (χ1v) is 15.6. The standard InChI is InChI=1S/C34H38N8O8/c1-15(43)16-6-8-18(9-7-16)40-31(50)39-12-17-10-20(41(2)3)19-11-32(37)13-34(38)27(42(4)5)26(46)22(30(36)49)28(47)33(34,14-35)29(48)23(32)25(45)21(19)24(17)44/h6-10,22-23,27,44H,11-13,37-38H2,1-5H3,(H2,36,49)(H2,39,40,50)/t22?,23?,27-,32-,33+,34-/m1/s1. The number of aromatic hydroxyl groups is 1. The summed E-state index contributed by atoms with van der Waals surface area (Å²) in [6.07, 6.45) is -0.774. The van der Waals surface area contributed by atoms with Gasteiger partial charge in [0.1, 0.15) is 11.7 Å². The summed E-state index contributed by atoms with van der Waals surface area (Å²) in [5.74, 6) is -10.8. The number of ketones is 5. The van der Waals surface area contributed by atoms with Gasteiger partial charge >= 0.3 is 6.03 Å². The lowest BCUT2D eigenvalue weighted by Crippen LogP contribution is -2.85. The van der Waals surface area contributed by atoms with Gasteiger partial charge in [0.2, 0.25) is 5.91 Å². The SMILES string of the molecule is CC(=O)c1ccc(NC(=O)NCc2cc(N(C)C)c3c(c2O)C(=O)C2C(=O)[C@]4(C#N)C(=O)C(C(N)=O)C(=O)[C@@H](N(C)C)[C@]4(N)C[C@]2(N)C3)cc1. The molecule has 0 heterocycles. The highest BCUT2D eigenvalue weighted by molar-refractivity contribution is 6.33. The summed E-state index contributed by atoms with van der Waals surface area (Å²) in [5, 5.41) is 27.3. The maximum Gasteiger partial charge on any atom is 0.319 e. The predicted octanol–water partition coefficient (Wildman–Crippen LogP) is -0.601. The predicted molar refractivity (Wildman–Crippen MR) is 178 cm³/mol. The fourth-order valence-electron chi connectivity index (χ4n) is 7.98. The molecule has 262 valence electrons. The van der Waals surface area contributed by atoms with Gasteiger partial charge < -0.3 is 37.8 Å². The number of phenols is 1. The van der Waals surface area contributed by atoms with E-state index in [1.54, 1.807) is 55.4 Å². The van der Waals surface area contributed by atoms with E-state index in [-0.39, 0.29) is 35.4 Å². The van der Waals surface area contributed by atoms with Gasteiger partial charge in [-0.3, -0.25) is 33.7 Å². The number of Topliss-reactive ketones (excluding diaryl/α,β-unsaturated/α-hetero) is 5. The minimum atomic E-state index is -2.86. The van der Waals surface area contributed by atoms with Gasteiger partial charge in [0.05, 0.1) is 23.2 Å². The van der Waals surface area contributed by atoms with E-state index in [0.29, 0.717) is 16.9 Å². The summed E-state index contributed by atoms with van der Waals surface area (Å²) in [6, 6.07) is 7.22. The number of nitrogens with one attached hydrogen (secondary N) is 2. The molecule has 0 aromatic heterocycles. The number of urea groups is 1. The average Bonchev–Trinajstić information content (AvgIpc) is 2.99. The Morgan fingerprint density at radius 2 is 1.66 bits per heavy atom. The van der Waals surface area contributed by atoms with Crippen LogP contribution >= 0.6 is 0 Å². The number of nitriles is 1. The van der Waals surface area contributed by atoms with Crippen LogP contribution in [0.5, 0.6) is 5.75 Å². The fraction of sp³-hybridized carbons (Fsp3) is 0.412. The molecule has 16 heteroatoms. The molecule has 9 N–H and O–H groups in total. The third-order valence-electron chi connectivity index (χ3n) is 10.1. The highest BCUT2D eigenvalue weighted by Gasteiger charge is 2.78. The number of rotatable bonds is 7. The summed E-state index contributed by atoms with van der Waals surface area (Å²) in [6.45, 7) is 1.13. The maximum atomic E-state index is 14.6. The second kappa shape index (κ2) is 12.1. The van der Waals surface area contributed by atoms with Crippen LogP contribution in [0.3, 0.4) is 0 Å². The maximum absolute atomic E-state index is 14.6. The van der Waals surface area contributed by atoms with Gasteiger partial charge in [-0.25, -0.2) is 4.79 Å². The fourth-order valence-corrected chi connectivity index (χ4v) is 7.98. The molecule has 2 fully saturated rings. The van der Waals surface area contributed by atoms with Crippen molar-refractivity contribution in [3.63, 3.8) is 0 Å². The Labute approximate surface area is 286 Å². The van der Waals surface area contributed by atoms with Crippen LogP contribution in [-0.4, -0.2) is 96.2 Å². The molecule has 0 aliphatic heterocycles. The van der Waals surface area contributed by atoms with Gasteiger partial charge in [0, 0.05) is 48.7 Å². The van der Waals surface area contributed by atoms with Crippen LogP contribution in [0.2, 0.25) is 0 Å². The molecule has 5 rings (SSSR count). The second-order valence-electron chi connectivity index (χ2n) is 13.7. The summed E-state index contributed by atoms with van der Waals surface area (Å²) in [5.41, 5.74) is 13.6. The van der Waals surface area contributed by atoms with Gasteiger partial charge in [-0.15, -0.1) is 0 Å². The number of hydrogen-bond acceptors (Lipinski definition) is 13. The van der Waals surface area contributed by atoms with Crippen LogP contribution in [0.1, 0.15) is 45.2 Å². The molecule has 6 atom stereocenters. The third-order valence-corrected chi connectivity index (χ3v) is 10.1. The monoisotopic (exact) mass is 686 g/mol. The topological polar surface area (TPSA) is 272 Å². The van der Waals surface area contributed by atoms with Gasteiger partial charge in [0.15, 0.2) is 40.2 Å². The summed E-state index contributed by atoms with van der Waals surface area (Å²) >= 11 is 0. The molecule has 2 aromatic rings. The lowest BCUT2D eigenvalue weighted by molar-refractivity contribution is -0.166. The summed E-state index contributed by atoms with van der Waals surface area (Å²) < 4.78 is 0. The van der Waals surface area contributed by atoms with Crippen molar-refractivity contribution < 1.29 is 38.7 Å². The van der Waals surface area contributed by atoms with E-state index < -0.39 is 81.6 Å². The van der Waals surface area contributed by atoms with Crippen molar-refractivity contribution in [1.29, 1.82) is 5.26 Å². The number of amides is 3. The number of hydrogen-bond donors (Lipinski definition) is 6. The molecule has 50 heavy (non-hydrogen) atoms. The Hall–Kier alpha value is -5.50. The normalized spacial score (nSPS) is 28.6. The summed E-state index contributed by atoms with van der Waals surface area (Å²) in [4.78, 5) is 96.3. The largest absolute Gasteiger partial charge is 0.507 e. The number of carbonyl (C=O) groups is 7. The lowest BCUT2D eigenvalue weighted by Gasteiger charge is -2.60. The smallest absolute Gasteiger partial charge is 0.319 e. The number of nitrogens with zero attached hydrogens (tertiary/aromatic N) is 3. The highest BCUT2D eigenvalue weighted by Crippen LogP contribution is 2.57. The molecule has 0 spiro atoms. The molecule has 3 aliphatic carbocycles. The molecule has 3 amide bonds. The first-order valence-electron chi connectivity index (χ1n) is 15.6. The van der Waals surface area contributed by atoms with Crippen molar-refractivity contribution >= 4 is 52.2 Å². The second-order valence-corrected chi connectivity index (χ2v) is 13.7. The molecule has 2 unspecified atom stereocenters. The molecular formula is C34H38N8O8. The number of likely N-dealkylation sites (N-methyl/N-ethyl adjacent to an activating group) is 1. The van der Waals surface area contributed by atoms with E-state index in [0.717, 1.165) is 0 Å². The van der Waals surface area contributed by atoms with E-state index >= 15 is 0 Å². The number of primary amides is 1. The van der Waals surface area contributed by atoms with Crippen LogP contribution in [0.4, 0.5) is 16.2 Å². The molecule has 0 saturated heterocycles. The minimum Gasteiger partial charge on any atom is -0.507 e. The van der Waals surface area contributed by atoms with Crippen molar-refractivity contribution in [1.82, 2.24) is 10.2 Å². The number of benzene rings is 2. The molecular weight excluding hydrogens is 648 g/mol. The number of phenolic OH excluding ortho intramolecular Hbond substituents is 1. The molecule has 0 bridgehead atoms. The number of carbonyl (C=O) groups excluding carboxylic acids is 7. The van der Waals surface area contributed by atoms with Gasteiger partial charge in [-0.05, 0) is 69.8 Å². The number of anilines is 2. The Balaban J connectivity index is 1.57. The van der Waals surface area contributed by atoms with Crippen molar-refractivity contribution in [3.8, 4) is 11.8 Å². The third kappa shape index (κ3) is 5.04. The Morgan fingerprint density at radius 3 is 2.18 bits per heavy atom. The Morgan fingerprint density at radius 1 is 1.04 bits per heavy atom. The zero-order chi connectivity index (χ0) is 37.2. The molecule has 3 aliphatic rings. The first-order chi connectivity index (χ1) is 23.3. The van der Waals surface area contributed by atoms with E-state index in [1.165, 1.54) is 25.9 Å². The van der Waals surface area contributed by atoms with Crippen molar-refractivity contribution in [2.24, 2.45) is 34.5 Å². The van der Waals surface area contributed by atoms with Crippen LogP contribution in [0.25, 0.3) is 0 Å². The first kappa shape index (κ1) is 35.8. The van der Waals surface area contributed by atoms with E-state index in [4.69, 9.17) is 17.2 Å². The van der Waals surface area contributed by atoms with Crippen LogP contribution in [0, 0.1) is 28.6 Å². The zero-order valence-corrected chi connectivity index (χ0v) is 28.1. The van der Waals surface area contributed by atoms with Crippen LogP contribution < -0.4 is 32.7 Å². The van der Waals surface area contributed by atoms with E-state index in [9.17, 15) is 43.9 Å². The van der Waals surface area contributed by atoms with Crippen molar-refractivity contribution in [3.05, 3.63) is 52.6 Å². The lowest BCUT2D eigenvalue weighted by atomic mass is 9.42. The highest BCUT2D eigenvalue weighted by atomic mass is 16.3. The van der Waals surface area contributed by atoms with Gasteiger partial charge in [-0.2, -0.15) is 5.26 Å². The molecule has 2 aromatic carbocycles. The van der Waals surface area contributed by atoms with Crippen molar-refractivity contribution in [2.45, 2.75) is 43.4 Å². The van der Waals surface area contributed by atoms with E-state index in [1.807, 2.05) is 0 Å². The molecule has 2 saturated carbocycles. The van der Waals surface area contributed by atoms with Crippen LogP contribution in [0.15, 0.2) is 30.3 Å². The van der Waals surface area contributed by atoms with Gasteiger partial charge in [0.25, 0.3) is 0 Å². The van der Waals surface area contributed by atoms with Crippen LogP contribution in [-0.2, 0) is 32.1 Å². The Bertz CT molecular complexity index is 1940. The minimum absolute atomic E-state index is 0.0969.